The summed E-state index contributed by atoms with van der Waals surface area (Å²) in [6.45, 7) is 2.00. The number of carbonyl (C=O) groups is 1. The fraction of sp³-hybridized carbons (Fsp3) is 0.125. The molecule has 3 N–H and O–H groups in total. The number of nitrogens with two attached hydrogens (primary N) is 1. The van der Waals surface area contributed by atoms with Crippen LogP contribution in [0.1, 0.15) is 22.7 Å². The summed E-state index contributed by atoms with van der Waals surface area (Å²) in [7, 11) is 0. The van der Waals surface area contributed by atoms with E-state index >= 15 is 0 Å². The van der Waals surface area contributed by atoms with Crippen LogP contribution in [-0.4, -0.2) is 5.91 Å². The first-order valence-electron chi connectivity index (χ1n) is 6.23. The van der Waals surface area contributed by atoms with Crippen LogP contribution in [0.15, 0.2) is 48.5 Å². The van der Waals surface area contributed by atoms with Crippen LogP contribution in [0.5, 0.6) is 0 Å². The first-order chi connectivity index (χ1) is 9.60. The maximum Gasteiger partial charge on any atom is 0.244 e. The Morgan fingerprint density at radius 1 is 1.15 bits per heavy atom. The van der Waals surface area contributed by atoms with Crippen molar-refractivity contribution in [3.8, 4) is 6.07 Å². The molecule has 2 rings (SSSR count). The highest BCUT2D eigenvalue weighted by Gasteiger charge is 2.17. The van der Waals surface area contributed by atoms with E-state index in [1.165, 1.54) is 0 Å². The minimum atomic E-state index is -0.620. The fourth-order valence-electron chi connectivity index (χ4n) is 1.89. The van der Waals surface area contributed by atoms with Crippen LogP contribution in [-0.2, 0) is 4.79 Å². The van der Waals surface area contributed by atoms with Gasteiger partial charge in [-0.2, -0.15) is 5.26 Å². The largest absolute Gasteiger partial charge is 0.370 e. The third-order valence-electron chi connectivity index (χ3n) is 3.02. The first-order valence-corrected chi connectivity index (χ1v) is 6.23. The van der Waals surface area contributed by atoms with Crippen LogP contribution in [0.3, 0.4) is 0 Å². The molecule has 0 aliphatic carbocycles. The zero-order valence-corrected chi connectivity index (χ0v) is 11.1. The van der Waals surface area contributed by atoms with E-state index in [9.17, 15) is 4.79 Å². The Morgan fingerprint density at radius 2 is 1.75 bits per heavy atom. The van der Waals surface area contributed by atoms with Gasteiger partial charge in [-0.15, -0.1) is 0 Å². The highest BCUT2D eigenvalue weighted by atomic mass is 16.1. The Kier molecular flexibility index (Phi) is 4.02. The summed E-state index contributed by atoms with van der Waals surface area (Å²) in [5.41, 5.74) is 8.70. The van der Waals surface area contributed by atoms with Crippen molar-refractivity contribution in [3.05, 3.63) is 65.2 Å². The molecule has 0 radical (unpaired) electrons. The number of carbonyl (C=O) groups excluding carboxylic acids is 1. The lowest BCUT2D eigenvalue weighted by atomic mass is 10.0. The number of hydrogen-bond donors (Lipinski definition) is 2. The van der Waals surface area contributed by atoms with Gasteiger partial charge in [-0.05, 0) is 36.8 Å². The van der Waals surface area contributed by atoms with Crippen molar-refractivity contribution in [2.75, 3.05) is 5.32 Å². The number of benzene rings is 2. The number of amides is 1. The fourth-order valence-corrected chi connectivity index (χ4v) is 1.89. The lowest BCUT2D eigenvalue weighted by Gasteiger charge is -2.17. The van der Waals surface area contributed by atoms with Crippen LogP contribution in [0.25, 0.3) is 0 Å². The molecule has 0 bridgehead atoms. The average molecular weight is 265 g/mol. The van der Waals surface area contributed by atoms with Gasteiger partial charge in [0.2, 0.25) is 5.91 Å². The second kappa shape index (κ2) is 5.89. The molecule has 0 spiro atoms. The number of nitriles is 1. The van der Waals surface area contributed by atoms with Gasteiger partial charge in [0.1, 0.15) is 6.04 Å². The molecule has 0 fully saturated rings. The molecule has 0 aliphatic heterocycles. The van der Waals surface area contributed by atoms with Crippen molar-refractivity contribution >= 4 is 11.6 Å². The Balaban J connectivity index is 2.24. The number of nitrogens with zero attached hydrogens (tertiary/aromatic N) is 1. The topological polar surface area (TPSA) is 78.9 Å². The van der Waals surface area contributed by atoms with Crippen LogP contribution in [0.2, 0.25) is 0 Å². The molecule has 0 saturated heterocycles. The SMILES string of the molecule is Cc1ccc(NC(C(N)=O)c2ccc(C#N)cc2)cc1. The predicted octanol–water partition coefficient (Wildman–Crippen LogP) is 2.51. The predicted molar refractivity (Wildman–Crippen MR) is 77.9 cm³/mol. The second-order valence-corrected chi connectivity index (χ2v) is 4.58. The number of primary amides is 1. The lowest BCUT2D eigenvalue weighted by molar-refractivity contribution is -0.118. The highest BCUT2D eigenvalue weighted by molar-refractivity contribution is 5.84. The Labute approximate surface area is 117 Å². The molecule has 0 aromatic heterocycles. The van der Waals surface area contributed by atoms with Crippen molar-refractivity contribution in [1.82, 2.24) is 0 Å². The van der Waals surface area contributed by atoms with E-state index in [-0.39, 0.29) is 0 Å². The van der Waals surface area contributed by atoms with Gasteiger partial charge < -0.3 is 11.1 Å². The monoisotopic (exact) mass is 265 g/mol. The zero-order valence-electron chi connectivity index (χ0n) is 11.1. The summed E-state index contributed by atoms with van der Waals surface area (Å²) in [5, 5.41) is 11.9. The number of nitrogens with one attached hydrogen (secondary N) is 1. The van der Waals surface area contributed by atoms with Gasteiger partial charge in [0.25, 0.3) is 0 Å². The molecule has 0 saturated carbocycles. The van der Waals surface area contributed by atoms with Gasteiger partial charge in [0, 0.05) is 5.69 Å². The van der Waals surface area contributed by atoms with Crippen LogP contribution < -0.4 is 11.1 Å². The molecule has 2 aromatic rings. The summed E-state index contributed by atoms with van der Waals surface area (Å²) >= 11 is 0. The molecule has 2 aromatic carbocycles. The van der Waals surface area contributed by atoms with Gasteiger partial charge in [0.05, 0.1) is 11.6 Å². The van der Waals surface area contributed by atoms with Crippen molar-refractivity contribution in [2.45, 2.75) is 13.0 Å². The van der Waals surface area contributed by atoms with E-state index in [0.29, 0.717) is 5.56 Å². The summed E-state index contributed by atoms with van der Waals surface area (Å²) in [6, 6.07) is 15.9. The van der Waals surface area contributed by atoms with Gasteiger partial charge in [-0.25, -0.2) is 0 Å². The zero-order chi connectivity index (χ0) is 14.5. The van der Waals surface area contributed by atoms with Crippen LogP contribution in [0, 0.1) is 18.3 Å². The molecule has 0 heterocycles. The molecular weight excluding hydrogens is 250 g/mol. The van der Waals surface area contributed by atoms with E-state index < -0.39 is 11.9 Å². The third kappa shape index (κ3) is 3.15. The van der Waals surface area contributed by atoms with Crippen LogP contribution in [0.4, 0.5) is 5.69 Å². The maximum atomic E-state index is 11.6. The Morgan fingerprint density at radius 3 is 2.25 bits per heavy atom. The van der Waals surface area contributed by atoms with E-state index in [1.807, 2.05) is 37.3 Å². The van der Waals surface area contributed by atoms with Gasteiger partial charge in [-0.3, -0.25) is 4.79 Å². The molecule has 0 aliphatic rings. The molecule has 20 heavy (non-hydrogen) atoms. The molecule has 1 amide bonds. The standard InChI is InChI=1S/C16H15N3O/c1-11-2-8-14(9-3-11)19-15(16(18)20)13-6-4-12(10-17)5-7-13/h2-9,15,19H,1H3,(H2,18,20). The normalized spacial score (nSPS) is 11.4. The van der Waals surface area contributed by atoms with Crippen molar-refractivity contribution in [3.63, 3.8) is 0 Å². The molecule has 1 unspecified atom stereocenters. The first kappa shape index (κ1) is 13.6. The minimum Gasteiger partial charge on any atom is -0.370 e. The maximum absolute atomic E-state index is 11.6. The number of anilines is 1. The lowest BCUT2D eigenvalue weighted by Crippen LogP contribution is -2.27. The van der Waals surface area contributed by atoms with E-state index in [1.54, 1.807) is 24.3 Å². The molecule has 1 atom stereocenters. The summed E-state index contributed by atoms with van der Waals surface area (Å²) in [5.74, 6) is -0.463. The summed E-state index contributed by atoms with van der Waals surface area (Å²) < 4.78 is 0. The average Bonchev–Trinajstić information content (AvgIpc) is 2.46. The second-order valence-electron chi connectivity index (χ2n) is 4.58. The summed E-state index contributed by atoms with van der Waals surface area (Å²) in [6.07, 6.45) is 0. The number of rotatable bonds is 4. The highest BCUT2D eigenvalue weighted by Crippen LogP contribution is 2.20. The van der Waals surface area contributed by atoms with Gasteiger partial charge in [0.15, 0.2) is 0 Å². The Bertz CT molecular complexity index is 639. The molecule has 4 nitrogen and oxygen atoms in total. The van der Waals surface area contributed by atoms with Crippen LogP contribution >= 0.6 is 0 Å². The van der Waals surface area contributed by atoms with Crippen molar-refractivity contribution in [1.29, 1.82) is 5.26 Å². The number of hydrogen-bond acceptors (Lipinski definition) is 3. The van der Waals surface area contributed by atoms with Crippen molar-refractivity contribution in [2.24, 2.45) is 5.73 Å². The smallest absolute Gasteiger partial charge is 0.244 e. The molecule has 4 heteroatoms. The van der Waals surface area contributed by atoms with Gasteiger partial charge in [-0.1, -0.05) is 29.8 Å². The van der Waals surface area contributed by atoms with Crippen molar-refractivity contribution < 1.29 is 4.79 Å². The van der Waals surface area contributed by atoms with E-state index in [4.69, 9.17) is 11.0 Å². The molecular formula is C16H15N3O. The number of aryl methyl sites for hydroxylation is 1. The van der Waals surface area contributed by atoms with E-state index in [2.05, 4.69) is 5.32 Å². The quantitative estimate of drug-likeness (QED) is 0.891. The van der Waals surface area contributed by atoms with Gasteiger partial charge >= 0.3 is 0 Å². The molecule has 100 valence electrons. The van der Waals surface area contributed by atoms with E-state index in [0.717, 1.165) is 16.8 Å². The summed E-state index contributed by atoms with van der Waals surface area (Å²) in [4.78, 5) is 11.6. The Hall–Kier alpha value is -2.80. The third-order valence-corrected chi connectivity index (χ3v) is 3.02. The minimum absolute atomic E-state index is 0.463.